The Hall–Kier alpha value is -4.00. The van der Waals surface area contributed by atoms with Gasteiger partial charge in [0, 0.05) is 60.8 Å². The molecular weight excluding hydrogens is 523 g/mol. The summed E-state index contributed by atoms with van der Waals surface area (Å²) < 4.78 is 22.9. The largest absolute Gasteiger partial charge is 0.507 e. The number of anilines is 1. The normalized spacial score (nSPS) is 19.4. The molecule has 39 heavy (non-hydrogen) atoms. The SMILES string of the molecule is COc1ncc(-c2cc(F)cc(-c3ccc(-n4c#cn(C)c4=O)c(Cl)c3)c2O)cc1N1CC(C)(O)C2(CC2)C1. The maximum Gasteiger partial charge on any atom is 0.347 e. The van der Waals surface area contributed by atoms with E-state index in [9.17, 15) is 19.4 Å². The van der Waals surface area contributed by atoms with E-state index in [1.807, 2.05) is 11.8 Å². The molecule has 1 saturated carbocycles. The zero-order valence-corrected chi connectivity index (χ0v) is 22.4. The number of rotatable bonds is 5. The molecule has 10 heteroatoms. The molecule has 200 valence electrons. The molecule has 2 aliphatic rings. The minimum Gasteiger partial charge on any atom is -0.507 e. The van der Waals surface area contributed by atoms with Crippen LogP contribution in [0.1, 0.15) is 19.8 Å². The van der Waals surface area contributed by atoms with Gasteiger partial charge in [0.15, 0.2) is 0 Å². The fraction of sp³-hybridized carbons (Fsp3) is 0.310. The summed E-state index contributed by atoms with van der Waals surface area (Å²) in [4.78, 5) is 18.8. The standard InChI is InChI=1S/C29H26ClFN4O4/c1-28(38)15-34(16-29(28)6-7-29)24-11-18(14-32-26(24)39-3)21-13-19(31)12-20(25(21)36)17-4-5-23(22(30)10-17)35-9-8-33(2)27(35)37/h4-5,10-14,36,38H,6-7,15-16H2,1-3H3. The highest BCUT2D eigenvalue weighted by Gasteiger charge is 2.61. The highest BCUT2D eigenvalue weighted by Crippen LogP contribution is 2.59. The molecule has 6 rings (SSSR count). The Morgan fingerprint density at radius 1 is 1.08 bits per heavy atom. The van der Waals surface area contributed by atoms with Gasteiger partial charge in [0.1, 0.15) is 17.3 Å². The minimum atomic E-state index is -0.839. The van der Waals surface area contributed by atoms with Crippen LogP contribution in [-0.2, 0) is 7.05 Å². The molecule has 1 saturated heterocycles. The number of phenolic OH excluding ortho intramolecular Hbond substituents is 1. The second-order valence-electron chi connectivity index (χ2n) is 10.6. The predicted molar refractivity (Wildman–Crippen MR) is 145 cm³/mol. The van der Waals surface area contributed by atoms with Crippen LogP contribution in [0.15, 0.2) is 47.4 Å². The zero-order valence-electron chi connectivity index (χ0n) is 21.6. The first-order chi connectivity index (χ1) is 18.5. The molecule has 2 fully saturated rings. The van der Waals surface area contributed by atoms with Crippen LogP contribution in [0.4, 0.5) is 10.1 Å². The molecule has 1 unspecified atom stereocenters. The van der Waals surface area contributed by atoms with Crippen LogP contribution in [0, 0.1) is 23.6 Å². The molecule has 0 bridgehead atoms. The first-order valence-electron chi connectivity index (χ1n) is 12.5. The number of hydrogen-bond donors (Lipinski definition) is 2. The topological polar surface area (TPSA) is 92.8 Å². The Morgan fingerprint density at radius 2 is 1.79 bits per heavy atom. The third kappa shape index (κ3) is 4.03. The van der Waals surface area contributed by atoms with Gasteiger partial charge in [-0.15, -0.1) is 0 Å². The first-order valence-corrected chi connectivity index (χ1v) is 12.8. The lowest BCUT2D eigenvalue weighted by molar-refractivity contribution is 0.0244. The third-order valence-corrected chi connectivity index (χ3v) is 8.35. The smallest absolute Gasteiger partial charge is 0.347 e. The van der Waals surface area contributed by atoms with Crippen LogP contribution >= 0.6 is 11.6 Å². The van der Waals surface area contributed by atoms with Crippen molar-refractivity contribution in [1.82, 2.24) is 14.1 Å². The number of methoxy groups -OCH3 is 1. The van der Waals surface area contributed by atoms with Gasteiger partial charge in [0.05, 0.1) is 23.4 Å². The van der Waals surface area contributed by atoms with E-state index in [0.29, 0.717) is 41.5 Å². The molecule has 0 amide bonds. The quantitative estimate of drug-likeness (QED) is 0.385. The van der Waals surface area contributed by atoms with Crippen molar-refractivity contribution in [1.29, 1.82) is 0 Å². The summed E-state index contributed by atoms with van der Waals surface area (Å²) in [5, 5.41) is 22.5. The molecule has 8 nitrogen and oxygen atoms in total. The first kappa shape index (κ1) is 25.3. The number of ether oxygens (including phenoxy) is 1. The Balaban J connectivity index is 1.41. The number of hydrogen-bond acceptors (Lipinski definition) is 6. The van der Waals surface area contributed by atoms with Gasteiger partial charge in [-0.25, -0.2) is 18.7 Å². The van der Waals surface area contributed by atoms with Crippen molar-refractivity contribution < 1.29 is 19.3 Å². The van der Waals surface area contributed by atoms with Gasteiger partial charge in [0.25, 0.3) is 0 Å². The lowest BCUT2D eigenvalue weighted by Crippen LogP contribution is -2.35. The van der Waals surface area contributed by atoms with Crippen molar-refractivity contribution >= 4 is 17.3 Å². The van der Waals surface area contributed by atoms with Crippen LogP contribution in [0.2, 0.25) is 5.02 Å². The van der Waals surface area contributed by atoms with E-state index >= 15 is 0 Å². The van der Waals surface area contributed by atoms with E-state index in [0.717, 1.165) is 12.8 Å². The summed E-state index contributed by atoms with van der Waals surface area (Å²) in [6.45, 7) is 2.93. The number of halogens is 2. The van der Waals surface area contributed by atoms with Gasteiger partial charge in [-0.3, -0.25) is 4.57 Å². The molecule has 1 atom stereocenters. The molecule has 0 radical (unpaired) electrons. The Bertz CT molecular complexity index is 1670. The fourth-order valence-corrected chi connectivity index (χ4v) is 5.81. The highest BCUT2D eigenvalue weighted by molar-refractivity contribution is 6.32. The number of benzene rings is 2. The van der Waals surface area contributed by atoms with Gasteiger partial charge in [0.2, 0.25) is 5.88 Å². The van der Waals surface area contributed by atoms with E-state index in [-0.39, 0.29) is 33.0 Å². The Labute approximate surface area is 229 Å². The number of aromatic nitrogens is 3. The van der Waals surface area contributed by atoms with E-state index in [1.165, 1.54) is 34.6 Å². The van der Waals surface area contributed by atoms with Gasteiger partial charge in [-0.05, 0) is 55.7 Å². The second-order valence-corrected chi connectivity index (χ2v) is 11.0. The fourth-order valence-electron chi connectivity index (χ4n) is 5.55. The van der Waals surface area contributed by atoms with E-state index in [1.54, 1.807) is 31.3 Å². The van der Waals surface area contributed by atoms with Crippen molar-refractivity contribution in [2.45, 2.75) is 25.4 Å². The molecule has 3 heterocycles. The summed E-state index contributed by atoms with van der Waals surface area (Å²) in [5.41, 5.74) is 1.13. The van der Waals surface area contributed by atoms with Crippen molar-refractivity contribution in [2.24, 2.45) is 12.5 Å². The summed E-state index contributed by atoms with van der Waals surface area (Å²) in [6.07, 6.45) is 8.79. The van der Waals surface area contributed by atoms with Crippen molar-refractivity contribution in [3.63, 3.8) is 0 Å². The molecule has 2 aromatic carbocycles. The van der Waals surface area contributed by atoms with E-state index < -0.39 is 11.4 Å². The summed E-state index contributed by atoms with van der Waals surface area (Å²) in [7, 11) is 3.08. The molecule has 2 N–H and O–H groups in total. The highest BCUT2D eigenvalue weighted by atomic mass is 35.5. The van der Waals surface area contributed by atoms with Crippen LogP contribution in [0.5, 0.6) is 11.6 Å². The molecule has 1 aliphatic heterocycles. The number of β-amino-alcohol motifs (C(OH)–C–C–N with tert-alkyl or cyclic N) is 1. The number of aliphatic hydroxyl groups is 1. The maximum atomic E-state index is 14.9. The Kier molecular flexibility index (Phi) is 5.68. The van der Waals surface area contributed by atoms with Gasteiger partial charge in [-0.1, -0.05) is 17.7 Å². The second kappa shape index (κ2) is 8.76. The molecule has 1 aliphatic carbocycles. The number of nitrogens with zero attached hydrogens (tertiary/aromatic N) is 4. The van der Waals surface area contributed by atoms with E-state index in [4.69, 9.17) is 16.3 Å². The summed E-state index contributed by atoms with van der Waals surface area (Å²) in [5.74, 6) is -0.323. The Morgan fingerprint density at radius 3 is 2.38 bits per heavy atom. The van der Waals surface area contributed by atoms with Crippen molar-refractivity contribution in [2.75, 3.05) is 25.1 Å². The van der Waals surface area contributed by atoms with Gasteiger partial charge in [-0.2, -0.15) is 0 Å². The average Bonchev–Trinajstić information content (AvgIpc) is 3.56. The lowest BCUT2D eigenvalue weighted by Gasteiger charge is -2.24. The minimum absolute atomic E-state index is 0.145. The average molecular weight is 549 g/mol. The number of phenols is 1. The van der Waals surface area contributed by atoms with Crippen molar-refractivity contribution in [3.8, 4) is 39.6 Å². The molecule has 2 aromatic heterocycles. The maximum absolute atomic E-state index is 14.9. The lowest BCUT2D eigenvalue weighted by atomic mass is 9.90. The van der Waals surface area contributed by atoms with Gasteiger partial charge < -0.3 is 19.8 Å². The number of aromatic hydroxyl groups is 1. The molecule has 1 spiro atoms. The molecular formula is C29H26ClFN4O4. The number of pyridine rings is 1. The third-order valence-electron chi connectivity index (χ3n) is 8.05. The van der Waals surface area contributed by atoms with Crippen LogP contribution in [0.25, 0.3) is 27.9 Å². The monoisotopic (exact) mass is 548 g/mol. The van der Waals surface area contributed by atoms with Crippen LogP contribution in [0.3, 0.4) is 0 Å². The van der Waals surface area contributed by atoms with Crippen LogP contribution < -0.4 is 15.3 Å². The van der Waals surface area contributed by atoms with Crippen LogP contribution in [-0.4, -0.2) is 50.1 Å². The summed E-state index contributed by atoms with van der Waals surface area (Å²) in [6, 6.07) is 9.08. The molecule has 4 aromatic rings. The van der Waals surface area contributed by atoms with Gasteiger partial charge >= 0.3 is 5.69 Å². The summed E-state index contributed by atoms with van der Waals surface area (Å²) >= 11 is 6.49. The predicted octanol–water partition coefficient (Wildman–Crippen LogP) is 4.36. The zero-order chi connectivity index (χ0) is 27.7. The van der Waals surface area contributed by atoms with Crippen molar-refractivity contribution in [3.05, 3.63) is 76.3 Å². The van der Waals surface area contributed by atoms with E-state index in [2.05, 4.69) is 17.4 Å².